The molecule has 0 N–H and O–H groups in total. The Kier molecular flexibility index (Phi) is 4.96. The van der Waals surface area contributed by atoms with Gasteiger partial charge in [0, 0.05) is 32.0 Å². The van der Waals surface area contributed by atoms with E-state index in [-0.39, 0.29) is 0 Å². The van der Waals surface area contributed by atoms with Crippen LogP contribution in [0.5, 0.6) is 5.88 Å². The fraction of sp³-hybridized carbons (Fsp3) is 0.714. The quantitative estimate of drug-likeness (QED) is 0.783. The zero-order valence-electron chi connectivity index (χ0n) is 12.2. The van der Waals surface area contributed by atoms with Gasteiger partial charge in [-0.3, -0.25) is 0 Å². The highest BCUT2D eigenvalue weighted by atomic mass is 16.5. The second kappa shape index (κ2) is 6.70. The van der Waals surface area contributed by atoms with E-state index in [2.05, 4.69) is 26.7 Å². The molecule has 1 atom stereocenters. The van der Waals surface area contributed by atoms with Crippen molar-refractivity contribution in [3.63, 3.8) is 0 Å². The second-order valence-corrected chi connectivity index (χ2v) is 5.19. The average molecular weight is 264 g/mol. The number of hydrogen-bond acceptors (Lipinski definition) is 5. The van der Waals surface area contributed by atoms with Crippen LogP contribution >= 0.6 is 0 Å². The molecule has 1 aliphatic heterocycles. The van der Waals surface area contributed by atoms with E-state index in [4.69, 9.17) is 4.74 Å². The van der Waals surface area contributed by atoms with E-state index in [0.717, 1.165) is 18.8 Å². The van der Waals surface area contributed by atoms with E-state index in [0.29, 0.717) is 11.9 Å². The molecule has 1 saturated heterocycles. The van der Waals surface area contributed by atoms with Crippen molar-refractivity contribution in [3.8, 4) is 5.88 Å². The van der Waals surface area contributed by atoms with Gasteiger partial charge in [0.1, 0.15) is 0 Å². The summed E-state index contributed by atoms with van der Waals surface area (Å²) in [4.78, 5) is 13.2. The third-order valence-electron chi connectivity index (χ3n) is 3.85. The fourth-order valence-electron chi connectivity index (χ4n) is 2.58. The number of rotatable bonds is 6. The van der Waals surface area contributed by atoms with Gasteiger partial charge in [0.15, 0.2) is 5.82 Å². The number of anilines is 1. The second-order valence-electron chi connectivity index (χ2n) is 5.19. The molecule has 0 spiro atoms. The van der Waals surface area contributed by atoms with E-state index in [9.17, 15) is 0 Å². The Morgan fingerprint density at radius 3 is 2.68 bits per heavy atom. The summed E-state index contributed by atoms with van der Waals surface area (Å²) in [5.41, 5.74) is 0. The molecule has 5 nitrogen and oxygen atoms in total. The van der Waals surface area contributed by atoms with Gasteiger partial charge in [0.2, 0.25) is 0 Å². The molecule has 0 amide bonds. The predicted molar refractivity (Wildman–Crippen MR) is 76.7 cm³/mol. The van der Waals surface area contributed by atoms with Crippen LogP contribution in [0.1, 0.15) is 26.2 Å². The SMILES string of the molecule is COc1nccnc1N(C)CCC(C)N1CCCC1. The topological polar surface area (TPSA) is 41.5 Å². The molecule has 0 radical (unpaired) electrons. The van der Waals surface area contributed by atoms with Crippen molar-refractivity contribution in [2.75, 3.05) is 38.7 Å². The number of nitrogens with zero attached hydrogens (tertiary/aromatic N) is 4. The minimum absolute atomic E-state index is 0.596. The third-order valence-corrected chi connectivity index (χ3v) is 3.85. The summed E-state index contributed by atoms with van der Waals surface area (Å²) < 4.78 is 5.25. The molecule has 1 unspecified atom stereocenters. The smallest absolute Gasteiger partial charge is 0.257 e. The summed E-state index contributed by atoms with van der Waals surface area (Å²) in [6.45, 7) is 5.78. The maximum Gasteiger partial charge on any atom is 0.257 e. The summed E-state index contributed by atoms with van der Waals surface area (Å²) in [6.07, 6.45) is 7.19. The molecule has 0 saturated carbocycles. The first kappa shape index (κ1) is 14.1. The van der Waals surface area contributed by atoms with Gasteiger partial charge in [-0.2, -0.15) is 0 Å². The van der Waals surface area contributed by atoms with Gasteiger partial charge >= 0.3 is 0 Å². The first-order valence-electron chi connectivity index (χ1n) is 7.02. The van der Waals surface area contributed by atoms with Crippen molar-refractivity contribution in [1.82, 2.24) is 14.9 Å². The van der Waals surface area contributed by atoms with Crippen LogP contribution in [-0.2, 0) is 0 Å². The first-order chi connectivity index (χ1) is 9.22. The van der Waals surface area contributed by atoms with E-state index < -0.39 is 0 Å². The van der Waals surface area contributed by atoms with E-state index >= 15 is 0 Å². The van der Waals surface area contributed by atoms with Crippen molar-refractivity contribution in [3.05, 3.63) is 12.4 Å². The molecule has 0 aromatic carbocycles. The molecule has 0 bridgehead atoms. The number of likely N-dealkylation sites (tertiary alicyclic amines) is 1. The molecule has 1 aliphatic rings. The average Bonchev–Trinajstić information content (AvgIpc) is 2.98. The predicted octanol–water partition coefficient (Wildman–Crippen LogP) is 1.80. The van der Waals surface area contributed by atoms with Gasteiger partial charge in [0.25, 0.3) is 5.88 Å². The number of hydrogen-bond donors (Lipinski definition) is 0. The summed E-state index contributed by atoms with van der Waals surface area (Å²) in [7, 11) is 3.68. The summed E-state index contributed by atoms with van der Waals surface area (Å²) >= 11 is 0. The van der Waals surface area contributed by atoms with Crippen LogP contribution in [-0.4, -0.2) is 54.7 Å². The highest BCUT2D eigenvalue weighted by Gasteiger charge is 2.19. The highest BCUT2D eigenvalue weighted by Crippen LogP contribution is 2.21. The normalized spacial score (nSPS) is 17.4. The van der Waals surface area contributed by atoms with Gasteiger partial charge in [-0.15, -0.1) is 0 Å². The van der Waals surface area contributed by atoms with Crippen molar-refractivity contribution >= 4 is 5.82 Å². The highest BCUT2D eigenvalue weighted by molar-refractivity contribution is 5.46. The van der Waals surface area contributed by atoms with E-state index in [1.165, 1.54) is 25.9 Å². The standard InChI is InChI=1S/C14H24N4O/c1-12(18-9-4-5-10-18)6-11-17(2)13-14(19-3)16-8-7-15-13/h7-8,12H,4-6,9-11H2,1-3H3. The molecule has 1 fully saturated rings. The molecule has 0 aliphatic carbocycles. The van der Waals surface area contributed by atoms with E-state index in [1.54, 1.807) is 19.5 Å². The zero-order chi connectivity index (χ0) is 13.7. The van der Waals surface area contributed by atoms with Crippen LogP contribution in [0.25, 0.3) is 0 Å². The maximum atomic E-state index is 5.25. The molecule has 19 heavy (non-hydrogen) atoms. The molecular weight excluding hydrogens is 240 g/mol. The van der Waals surface area contributed by atoms with Crippen molar-refractivity contribution < 1.29 is 4.74 Å². The number of methoxy groups -OCH3 is 1. The Morgan fingerprint density at radius 2 is 2.00 bits per heavy atom. The lowest BCUT2D eigenvalue weighted by molar-refractivity contribution is 0.249. The Balaban J connectivity index is 1.88. The van der Waals surface area contributed by atoms with Gasteiger partial charge in [-0.1, -0.05) is 0 Å². The van der Waals surface area contributed by atoms with Crippen LogP contribution in [0.2, 0.25) is 0 Å². The third kappa shape index (κ3) is 3.56. The minimum atomic E-state index is 0.596. The lowest BCUT2D eigenvalue weighted by atomic mass is 10.2. The summed E-state index contributed by atoms with van der Waals surface area (Å²) in [5, 5.41) is 0. The Bertz CT molecular complexity index is 393. The van der Waals surface area contributed by atoms with Gasteiger partial charge < -0.3 is 14.5 Å². The van der Waals surface area contributed by atoms with Crippen LogP contribution in [0.4, 0.5) is 5.82 Å². The lowest BCUT2D eigenvalue weighted by Crippen LogP contribution is -2.33. The molecule has 106 valence electrons. The van der Waals surface area contributed by atoms with Crippen molar-refractivity contribution in [1.29, 1.82) is 0 Å². The van der Waals surface area contributed by atoms with Gasteiger partial charge in [0.05, 0.1) is 7.11 Å². The summed E-state index contributed by atoms with van der Waals surface area (Å²) in [6, 6.07) is 0.632. The van der Waals surface area contributed by atoms with Crippen molar-refractivity contribution in [2.24, 2.45) is 0 Å². The molecule has 2 heterocycles. The monoisotopic (exact) mass is 264 g/mol. The number of aromatic nitrogens is 2. The zero-order valence-corrected chi connectivity index (χ0v) is 12.2. The summed E-state index contributed by atoms with van der Waals surface area (Å²) in [5.74, 6) is 1.41. The molecule has 1 aromatic rings. The van der Waals surface area contributed by atoms with Crippen LogP contribution in [0, 0.1) is 0 Å². The molecule has 5 heteroatoms. The molecular formula is C14H24N4O. The van der Waals surface area contributed by atoms with Crippen LogP contribution < -0.4 is 9.64 Å². The molecule has 1 aromatic heterocycles. The van der Waals surface area contributed by atoms with Crippen LogP contribution in [0.3, 0.4) is 0 Å². The lowest BCUT2D eigenvalue weighted by Gasteiger charge is -2.26. The Labute approximate surface area is 115 Å². The fourth-order valence-corrected chi connectivity index (χ4v) is 2.58. The Hall–Kier alpha value is -1.36. The minimum Gasteiger partial charge on any atom is -0.478 e. The largest absolute Gasteiger partial charge is 0.478 e. The number of ether oxygens (including phenoxy) is 1. The van der Waals surface area contributed by atoms with Gasteiger partial charge in [-0.05, 0) is 39.3 Å². The Morgan fingerprint density at radius 1 is 1.32 bits per heavy atom. The van der Waals surface area contributed by atoms with Crippen LogP contribution in [0.15, 0.2) is 12.4 Å². The first-order valence-corrected chi connectivity index (χ1v) is 7.02. The van der Waals surface area contributed by atoms with E-state index in [1.807, 2.05) is 7.05 Å². The van der Waals surface area contributed by atoms with Gasteiger partial charge in [-0.25, -0.2) is 9.97 Å². The van der Waals surface area contributed by atoms with Crippen molar-refractivity contribution in [2.45, 2.75) is 32.2 Å². The maximum absolute atomic E-state index is 5.25. The molecule has 2 rings (SSSR count).